The van der Waals surface area contributed by atoms with Crippen LogP contribution in [0.15, 0.2) is 0 Å². The molecule has 0 aromatic rings. The quantitative estimate of drug-likeness (QED) is 0.782. The molecule has 5 heteroatoms. The zero-order valence-corrected chi connectivity index (χ0v) is 13.3. The maximum atomic E-state index is 12.2. The number of hydrogen-bond acceptors (Lipinski definition) is 3. The smallest absolute Gasteiger partial charge is 0.251 e. The molecule has 1 fully saturated rings. The maximum absolute atomic E-state index is 12.2. The SMILES string of the molecule is CCC(OC1CCCCC1)C(=O)N(C)CCNC.Cl. The van der Waals surface area contributed by atoms with Gasteiger partial charge in [0.25, 0.3) is 5.91 Å². The topological polar surface area (TPSA) is 41.6 Å². The molecule has 1 N–H and O–H groups in total. The Morgan fingerprint density at radius 2 is 2.00 bits per heavy atom. The summed E-state index contributed by atoms with van der Waals surface area (Å²) in [5, 5.41) is 3.06. The number of likely N-dealkylation sites (N-methyl/N-ethyl adjacent to an activating group) is 2. The third kappa shape index (κ3) is 6.59. The molecule has 0 aromatic carbocycles. The number of ether oxygens (including phenoxy) is 1. The number of carbonyl (C=O) groups is 1. The summed E-state index contributed by atoms with van der Waals surface area (Å²) in [6.45, 7) is 3.58. The van der Waals surface area contributed by atoms with Crippen LogP contribution in [0.2, 0.25) is 0 Å². The zero-order chi connectivity index (χ0) is 13.4. The van der Waals surface area contributed by atoms with E-state index in [0.717, 1.165) is 32.4 Å². The standard InChI is InChI=1S/C14H28N2O2.ClH/c1-4-13(14(17)16(3)11-10-15-2)18-12-8-6-5-7-9-12;/h12-13,15H,4-11H2,1-3H3;1H. The van der Waals surface area contributed by atoms with Gasteiger partial charge >= 0.3 is 0 Å². The van der Waals surface area contributed by atoms with Crippen molar-refractivity contribution in [1.29, 1.82) is 0 Å². The van der Waals surface area contributed by atoms with Gasteiger partial charge in [-0.25, -0.2) is 0 Å². The Morgan fingerprint density at radius 3 is 2.53 bits per heavy atom. The van der Waals surface area contributed by atoms with Crippen LogP contribution in [0.3, 0.4) is 0 Å². The number of rotatable bonds is 7. The van der Waals surface area contributed by atoms with Crippen molar-refractivity contribution in [1.82, 2.24) is 10.2 Å². The van der Waals surface area contributed by atoms with Gasteiger partial charge in [-0.1, -0.05) is 26.2 Å². The molecule has 1 amide bonds. The van der Waals surface area contributed by atoms with E-state index < -0.39 is 0 Å². The van der Waals surface area contributed by atoms with Crippen LogP contribution in [0.1, 0.15) is 45.4 Å². The van der Waals surface area contributed by atoms with E-state index in [-0.39, 0.29) is 24.4 Å². The van der Waals surface area contributed by atoms with Crippen molar-refractivity contribution >= 4 is 18.3 Å². The largest absolute Gasteiger partial charge is 0.365 e. The molecule has 1 aliphatic carbocycles. The fourth-order valence-electron chi connectivity index (χ4n) is 2.40. The van der Waals surface area contributed by atoms with E-state index in [2.05, 4.69) is 5.32 Å². The van der Waals surface area contributed by atoms with E-state index in [1.54, 1.807) is 4.90 Å². The average molecular weight is 293 g/mol. The second-order valence-electron chi connectivity index (χ2n) is 5.16. The molecule has 0 aromatic heterocycles. The Morgan fingerprint density at radius 1 is 1.37 bits per heavy atom. The van der Waals surface area contributed by atoms with Crippen molar-refractivity contribution < 1.29 is 9.53 Å². The molecular weight excluding hydrogens is 264 g/mol. The Labute approximate surface area is 123 Å². The second-order valence-corrected chi connectivity index (χ2v) is 5.16. The summed E-state index contributed by atoms with van der Waals surface area (Å²) in [4.78, 5) is 14.0. The number of nitrogens with zero attached hydrogens (tertiary/aromatic N) is 1. The summed E-state index contributed by atoms with van der Waals surface area (Å²) in [7, 11) is 3.75. The molecule has 0 radical (unpaired) electrons. The minimum atomic E-state index is -0.255. The first-order valence-electron chi connectivity index (χ1n) is 7.24. The van der Waals surface area contributed by atoms with Crippen LogP contribution in [-0.2, 0) is 9.53 Å². The van der Waals surface area contributed by atoms with E-state index >= 15 is 0 Å². The molecular formula is C14H29ClN2O2. The van der Waals surface area contributed by atoms with Gasteiger partial charge < -0.3 is 15.0 Å². The van der Waals surface area contributed by atoms with Crippen molar-refractivity contribution in [2.75, 3.05) is 27.2 Å². The molecule has 1 rings (SSSR count). The van der Waals surface area contributed by atoms with Crippen LogP contribution in [0.4, 0.5) is 0 Å². The highest BCUT2D eigenvalue weighted by Gasteiger charge is 2.25. The average Bonchev–Trinajstić information content (AvgIpc) is 2.42. The van der Waals surface area contributed by atoms with E-state index in [4.69, 9.17) is 4.74 Å². The summed E-state index contributed by atoms with van der Waals surface area (Å²) in [6, 6.07) is 0. The Hall–Kier alpha value is -0.320. The van der Waals surface area contributed by atoms with Crippen LogP contribution in [-0.4, -0.2) is 50.2 Å². The molecule has 1 aliphatic rings. The molecule has 1 unspecified atom stereocenters. The van der Waals surface area contributed by atoms with Crippen molar-refractivity contribution in [3.05, 3.63) is 0 Å². The lowest BCUT2D eigenvalue weighted by molar-refractivity contribution is -0.147. The number of nitrogens with one attached hydrogen (secondary N) is 1. The molecule has 1 atom stereocenters. The third-order valence-electron chi connectivity index (χ3n) is 3.63. The first-order chi connectivity index (χ1) is 8.69. The summed E-state index contributed by atoms with van der Waals surface area (Å²) in [5.74, 6) is 0.123. The van der Waals surface area contributed by atoms with E-state index in [1.807, 2.05) is 21.0 Å². The number of halogens is 1. The first kappa shape index (κ1) is 18.7. The zero-order valence-electron chi connectivity index (χ0n) is 12.5. The summed E-state index contributed by atoms with van der Waals surface area (Å²) >= 11 is 0. The van der Waals surface area contributed by atoms with Crippen molar-refractivity contribution in [2.45, 2.75) is 57.7 Å². The lowest BCUT2D eigenvalue weighted by Gasteiger charge is -2.29. The normalized spacial score (nSPS) is 17.6. The van der Waals surface area contributed by atoms with Crippen molar-refractivity contribution in [3.63, 3.8) is 0 Å². The van der Waals surface area contributed by atoms with Gasteiger partial charge in [0.05, 0.1) is 6.10 Å². The van der Waals surface area contributed by atoms with Gasteiger partial charge in [0, 0.05) is 20.1 Å². The minimum absolute atomic E-state index is 0. The van der Waals surface area contributed by atoms with Gasteiger partial charge in [-0.15, -0.1) is 12.4 Å². The van der Waals surface area contributed by atoms with Gasteiger partial charge in [-0.05, 0) is 26.3 Å². The maximum Gasteiger partial charge on any atom is 0.251 e. The monoisotopic (exact) mass is 292 g/mol. The lowest BCUT2D eigenvalue weighted by Crippen LogP contribution is -2.42. The Kier molecular flexibility index (Phi) is 10.3. The third-order valence-corrected chi connectivity index (χ3v) is 3.63. The highest BCUT2D eigenvalue weighted by Crippen LogP contribution is 2.22. The molecule has 0 saturated heterocycles. The van der Waals surface area contributed by atoms with Crippen LogP contribution >= 0.6 is 12.4 Å². The number of carbonyl (C=O) groups excluding carboxylic acids is 1. The predicted molar refractivity (Wildman–Crippen MR) is 80.8 cm³/mol. The summed E-state index contributed by atoms with van der Waals surface area (Å²) in [5.41, 5.74) is 0. The molecule has 4 nitrogen and oxygen atoms in total. The van der Waals surface area contributed by atoms with Crippen molar-refractivity contribution in [3.8, 4) is 0 Å². The van der Waals surface area contributed by atoms with Gasteiger partial charge in [-0.3, -0.25) is 4.79 Å². The Bertz CT molecular complexity index is 246. The number of hydrogen-bond donors (Lipinski definition) is 1. The molecule has 1 saturated carbocycles. The lowest BCUT2D eigenvalue weighted by atomic mass is 9.97. The van der Waals surface area contributed by atoms with Gasteiger partial charge in [0.1, 0.15) is 6.10 Å². The summed E-state index contributed by atoms with van der Waals surface area (Å²) in [6.07, 6.45) is 6.83. The van der Waals surface area contributed by atoms with Crippen LogP contribution < -0.4 is 5.32 Å². The molecule has 0 aliphatic heterocycles. The highest BCUT2D eigenvalue weighted by molar-refractivity contribution is 5.85. The van der Waals surface area contributed by atoms with Crippen LogP contribution in [0, 0.1) is 0 Å². The molecule has 114 valence electrons. The molecule has 0 heterocycles. The fraction of sp³-hybridized carbons (Fsp3) is 0.929. The number of amides is 1. The fourth-order valence-corrected chi connectivity index (χ4v) is 2.40. The van der Waals surface area contributed by atoms with Crippen LogP contribution in [0.25, 0.3) is 0 Å². The summed E-state index contributed by atoms with van der Waals surface area (Å²) < 4.78 is 5.99. The van der Waals surface area contributed by atoms with Crippen LogP contribution in [0.5, 0.6) is 0 Å². The molecule has 0 bridgehead atoms. The first-order valence-corrected chi connectivity index (χ1v) is 7.24. The Balaban J connectivity index is 0.00000324. The van der Waals surface area contributed by atoms with Crippen molar-refractivity contribution in [2.24, 2.45) is 0 Å². The second kappa shape index (κ2) is 10.5. The molecule has 19 heavy (non-hydrogen) atoms. The van der Waals surface area contributed by atoms with E-state index in [1.165, 1.54) is 19.3 Å². The van der Waals surface area contributed by atoms with E-state index in [9.17, 15) is 4.79 Å². The highest BCUT2D eigenvalue weighted by atomic mass is 35.5. The van der Waals surface area contributed by atoms with Gasteiger partial charge in [-0.2, -0.15) is 0 Å². The molecule has 0 spiro atoms. The predicted octanol–water partition coefficient (Wildman–Crippen LogP) is 2.21. The minimum Gasteiger partial charge on any atom is -0.365 e. The van der Waals surface area contributed by atoms with Gasteiger partial charge in [0.2, 0.25) is 0 Å². The van der Waals surface area contributed by atoms with E-state index in [0.29, 0.717) is 6.10 Å². The van der Waals surface area contributed by atoms with Gasteiger partial charge in [0.15, 0.2) is 0 Å².